The molecular formula is C22H34N2O14. The van der Waals surface area contributed by atoms with Crippen LogP contribution in [-0.2, 0) is 52.4 Å². The fraction of sp³-hybridized carbons (Fsp3) is 0.773. The van der Waals surface area contributed by atoms with Crippen molar-refractivity contribution in [3.8, 4) is 0 Å². The Balaban J connectivity index is 2.50. The van der Waals surface area contributed by atoms with E-state index >= 15 is 0 Å². The average molecular weight is 551 g/mol. The highest BCUT2D eigenvalue weighted by molar-refractivity contribution is 5.74. The smallest absolute Gasteiger partial charge is 0.303 e. The molecule has 0 unspecified atom stereocenters. The minimum absolute atomic E-state index is 0.488. The lowest BCUT2D eigenvalue weighted by Crippen LogP contribution is -2.70. The lowest BCUT2D eigenvalue weighted by atomic mass is 9.94. The summed E-state index contributed by atoms with van der Waals surface area (Å²) >= 11 is 0. The molecule has 0 aromatic heterocycles. The van der Waals surface area contributed by atoms with E-state index in [1.807, 2.05) is 0 Å². The second-order valence-corrected chi connectivity index (χ2v) is 8.79. The molecule has 16 nitrogen and oxygen atoms in total. The molecule has 0 radical (unpaired) electrons. The van der Waals surface area contributed by atoms with E-state index in [-0.39, 0.29) is 0 Å². The molecule has 0 aliphatic carbocycles. The molecule has 0 bridgehead atoms. The van der Waals surface area contributed by atoms with E-state index in [1.54, 1.807) is 0 Å². The summed E-state index contributed by atoms with van der Waals surface area (Å²) < 4.78 is 32.8. The minimum Gasteiger partial charge on any atom is -0.463 e. The molecule has 2 aliphatic heterocycles. The third-order valence-electron chi connectivity index (χ3n) is 5.60. The maximum absolute atomic E-state index is 12.1. The molecule has 0 saturated carbocycles. The number of rotatable bonds is 9. The lowest BCUT2D eigenvalue weighted by Gasteiger charge is -2.48. The van der Waals surface area contributed by atoms with E-state index in [1.165, 1.54) is 0 Å². The first-order valence-corrected chi connectivity index (χ1v) is 11.7. The van der Waals surface area contributed by atoms with Gasteiger partial charge in [0.15, 0.2) is 24.8 Å². The summed E-state index contributed by atoms with van der Waals surface area (Å²) in [6.07, 6.45) is -11.8. The van der Waals surface area contributed by atoms with Gasteiger partial charge in [-0.1, -0.05) is 0 Å². The number of hydrogen-bond donors (Lipinski definition) is 5. The Morgan fingerprint density at radius 2 is 1.29 bits per heavy atom. The van der Waals surface area contributed by atoms with E-state index in [4.69, 9.17) is 28.4 Å². The molecule has 0 aromatic rings. The van der Waals surface area contributed by atoms with Gasteiger partial charge in [0, 0.05) is 34.6 Å². The molecule has 2 fully saturated rings. The number of carbonyl (C=O) groups is 5. The van der Waals surface area contributed by atoms with Crippen LogP contribution in [0.5, 0.6) is 0 Å². The van der Waals surface area contributed by atoms with Crippen molar-refractivity contribution < 1.29 is 67.7 Å². The molecular weight excluding hydrogens is 516 g/mol. The van der Waals surface area contributed by atoms with Crippen LogP contribution in [0.2, 0.25) is 0 Å². The summed E-state index contributed by atoms with van der Waals surface area (Å²) in [5, 5.41) is 35.7. The zero-order valence-corrected chi connectivity index (χ0v) is 21.5. The highest BCUT2D eigenvalue weighted by Crippen LogP contribution is 2.31. The van der Waals surface area contributed by atoms with E-state index in [0.29, 0.717) is 0 Å². The van der Waals surface area contributed by atoms with Crippen LogP contribution in [0.3, 0.4) is 0 Å². The van der Waals surface area contributed by atoms with Crippen LogP contribution in [-0.4, -0.2) is 120 Å². The van der Waals surface area contributed by atoms with E-state index in [9.17, 15) is 39.3 Å². The Morgan fingerprint density at radius 1 is 0.737 bits per heavy atom. The van der Waals surface area contributed by atoms with Gasteiger partial charge in [-0.2, -0.15) is 0 Å². The number of aliphatic hydroxyl groups excluding tert-OH is 3. The monoisotopic (exact) mass is 550 g/mol. The maximum Gasteiger partial charge on any atom is 0.303 e. The van der Waals surface area contributed by atoms with Crippen LogP contribution in [0.15, 0.2) is 0 Å². The first-order valence-electron chi connectivity index (χ1n) is 11.7. The van der Waals surface area contributed by atoms with Gasteiger partial charge in [-0.05, 0) is 0 Å². The SMILES string of the molecule is CC(=O)N[C@@H]1[C@@H](O)[C@H](O[C@@H]2O[C@H](COC(C)=O)[C@@H](OC(C)=O)[C@H](OC(C)=O)[C@H]2NC(C)=O)[C@@H](CO)O[C@H]1O. The van der Waals surface area contributed by atoms with Gasteiger partial charge in [0.2, 0.25) is 11.8 Å². The van der Waals surface area contributed by atoms with Crippen molar-refractivity contribution in [3.63, 3.8) is 0 Å². The van der Waals surface area contributed by atoms with Crippen molar-refractivity contribution in [3.05, 3.63) is 0 Å². The predicted octanol–water partition coefficient (Wildman–Crippen LogP) is -3.40. The largest absolute Gasteiger partial charge is 0.463 e. The number of aliphatic hydroxyl groups is 3. The van der Waals surface area contributed by atoms with E-state index < -0.39 is 104 Å². The third kappa shape index (κ3) is 8.31. The molecule has 2 saturated heterocycles. The van der Waals surface area contributed by atoms with Gasteiger partial charge in [-0.15, -0.1) is 0 Å². The summed E-state index contributed by atoms with van der Waals surface area (Å²) in [5.74, 6) is -3.56. The van der Waals surface area contributed by atoms with Crippen LogP contribution >= 0.6 is 0 Å². The molecule has 5 N–H and O–H groups in total. The zero-order chi connectivity index (χ0) is 28.7. The maximum atomic E-state index is 12.1. The quantitative estimate of drug-likeness (QED) is 0.139. The molecule has 216 valence electrons. The molecule has 2 amide bonds. The fourth-order valence-corrected chi connectivity index (χ4v) is 4.20. The number of carbonyl (C=O) groups excluding carboxylic acids is 5. The van der Waals surface area contributed by atoms with Gasteiger partial charge in [0.25, 0.3) is 0 Å². The third-order valence-corrected chi connectivity index (χ3v) is 5.60. The van der Waals surface area contributed by atoms with Crippen molar-refractivity contribution in [1.29, 1.82) is 0 Å². The van der Waals surface area contributed by atoms with Gasteiger partial charge in [-0.3, -0.25) is 24.0 Å². The zero-order valence-electron chi connectivity index (χ0n) is 21.5. The Kier molecular flexibility index (Phi) is 11.4. The number of amides is 2. The lowest BCUT2D eigenvalue weighted by molar-refractivity contribution is -0.329. The second-order valence-electron chi connectivity index (χ2n) is 8.79. The second kappa shape index (κ2) is 13.8. The number of ether oxygens (including phenoxy) is 6. The van der Waals surface area contributed by atoms with Crippen LogP contribution in [0.1, 0.15) is 34.6 Å². The summed E-state index contributed by atoms with van der Waals surface area (Å²) in [6, 6.07) is -2.73. The molecule has 0 spiro atoms. The van der Waals surface area contributed by atoms with Gasteiger partial charge < -0.3 is 54.4 Å². The van der Waals surface area contributed by atoms with Crippen molar-refractivity contribution in [2.45, 2.75) is 95.9 Å². The number of nitrogens with one attached hydrogen (secondary N) is 2. The van der Waals surface area contributed by atoms with Crippen LogP contribution in [0.4, 0.5) is 0 Å². The molecule has 2 aliphatic rings. The first kappa shape index (κ1) is 31.3. The standard InChI is InChI=1S/C22H34N2O14/c1-8(26)23-15-17(31)18(13(6-25)36-21(15)32)38-22-16(24-9(2)27)20(35-12(5)30)19(34-11(4)29)14(37-22)7-33-10(3)28/h13-22,25,31-32H,6-7H2,1-5H3,(H,23,26)(H,24,27)/t13-,14-,15-,16-,17-,18-,19-,20-,21-,22+/m1/s1. The topological polar surface area (TPSA) is 225 Å². The summed E-state index contributed by atoms with van der Waals surface area (Å²) in [5.41, 5.74) is 0. The van der Waals surface area contributed by atoms with Gasteiger partial charge in [-0.25, -0.2) is 0 Å². The highest BCUT2D eigenvalue weighted by Gasteiger charge is 2.54. The average Bonchev–Trinajstić information content (AvgIpc) is 2.79. The Morgan fingerprint density at radius 3 is 1.79 bits per heavy atom. The van der Waals surface area contributed by atoms with Gasteiger partial charge in [0.05, 0.1) is 6.61 Å². The molecule has 2 heterocycles. The van der Waals surface area contributed by atoms with Crippen LogP contribution in [0, 0.1) is 0 Å². The van der Waals surface area contributed by atoms with Gasteiger partial charge in [0.1, 0.15) is 43.1 Å². The van der Waals surface area contributed by atoms with Gasteiger partial charge >= 0.3 is 17.9 Å². The Labute approximate surface area is 217 Å². The number of hydrogen-bond acceptors (Lipinski definition) is 14. The first-order chi connectivity index (χ1) is 17.7. The number of esters is 3. The van der Waals surface area contributed by atoms with Crippen LogP contribution < -0.4 is 10.6 Å². The Bertz CT molecular complexity index is 884. The molecule has 38 heavy (non-hydrogen) atoms. The molecule has 10 atom stereocenters. The highest BCUT2D eigenvalue weighted by atomic mass is 16.7. The summed E-state index contributed by atoms with van der Waals surface area (Å²) in [6.45, 7) is 4.33. The van der Waals surface area contributed by atoms with Crippen molar-refractivity contribution in [1.82, 2.24) is 10.6 Å². The molecule has 16 heteroatoms. The van der Waals surface area contributed by atoms with E-state index in [2.05, 4.69) is 10.6 Å². The predicted molar refractivity (Wildman–Crippen MR) is 120 cm³/mol. The summed E-state index contributed by atoms with van der Waals surface area (Å²) in [4.78, 5) is 58.9. The van der Waals surface area contributed by atoms with Crippen molar-refractivity contribution in [2.75, 3.05) is 13.2 Å². The Hall–Kier alpha value is -2.89. The van der Waals surface area contributed by atoms with Crippen molar-refractivity contribution in [2.24, 2.45) is 0 Å². The normalized spacial score (nSPS) is 34.9. The molecule has 0 aromatic carbocycles. The van der Waals surface area contributed by atoms with E-state index in [0.717, 1.165) is 34.6 Å². The fourth-order valence-electron chi connectivity index (χ4n) is 4.20. The minimum atomic E-state index is -1.71. The van der Waals surface area contributed by atoms with Crippen molar-refractivity contribution >= 4 is 29.7 Å². The molecule has 2 rings (SSSR count). The summed E-state index contributed by atoms with van der Waals surface area (Å²) in [7, 11) is 0. The van der Waals surface area contributed by atoms with Crippen LogP contribution in [0.25, 0.3) is 0 Å².